The fourth-order valence-corrected chi connectivity index (χ4v) is 6.00. The average molecular weight is 474 g/mol. The van der Waals surface area contributed by atoms with Crippen molar-refractivity contribution in [1.82, 2.24) is 14.5 Å². The van der Waals surface area contributed by atoms with Crippen LogP contribution in [0.15, 0.2) is 39.9 Å². The lowest BCUT2D eigenvalue weighted by Gasteiger charge is -2.31. The third-order valence-electron chi connectivity index (χ3n) is 5.37. The molecule has 3 rings (SSSR count). The zero-order valence-corrected chi connectivity index (χ0v) is 19.2. The maximum absolute atomic E-state index is 13.4. The van der Waals surface area contributed by atoms with Gasteiger partial charge in [-0.1, -0.05) is 11.6 Å². The predicted octanol–water partition coefficient (Wildman–Crippen LogP) is 3.36. The van der Waals surface area contributed by atoms with Crippen LogP contribution >= 0.6 is 22.9 Å². The van der Waals surface area contributed by atoms with E-state index in [-0.39, 0.29) is 40.9 Å². The first-order valence-electron chi connectivity index (χ1n) is 9.61. The van der Waals surface area contributed by atoms with E-state index in [1.807, 2.05) is 25.5 Å². The first-order valence-corrected chi connectivity index (χ1v) is 12.4. The summed E-state index contributed by atoms with van der Waals surface area (Å²) in [5, 5.41) is 6.87. The second-order valence-electron chi connectivity index (χ2n) is 7.54. The van der Waals surface area contributed by atoms with Crippen molar-refractivity contribution in [3.63, 3.8) is 0 Å². The number of amides is 1. The van der Waals surface area contributed by atoms with Gasteiger partial charge < -0.3 is 10.2 Å². The Balaban J connectivity index is 1.57. The third-order valence-corrected chi connectivity index (χ3v) is 8.26. The minimum atomic E-state index is -3.77. The quantitative estimate of drug-likeness (QED) is 0.669. The van der Waals surface area contributed by atoms with Crippen molar-refractivity contribution in [3.05, 3.63) is 51.4 Å². The number of thiophene rings is 1. The first kappa shape index (κ1) is 23.1. The van der Waals surface area contributed by atoms with E-state index in [4.69, 9.17) is 11.6 Å². The summed E-state index contributed by atoms with van der Waals surface area (Å²) in [5.41, 5.74) is 1.16. The number of likely N-dealkylation sites (N-methyl/N-ethyl adjacent to an activating group) is 1. The fraction of sp³-hybridized carbons (Fsp3) is 0.450. The molecule has 2 heterocycles. The second kappa shape index (κ2) is 9.74. The van der Waals surface area contributed by atoms with E-state index in [0.717, 1.165) is 17.7 Å². The molecule has 1 aromatic heterocycles. The van der Waals surface area contributed by atoms with Gasteiger partial charge in [-0.25, -0.2) is 12.8 Å². The van der Waals surface area contributed by atoms with Crippen LogP contribution in [0.25, 0.3) is 0 Å². The smallest absolute Gasteiger partial charge is 0.243 e. The Bertz CT molecular complexity index is 975. The Labute approximate surface area is 185 Å². The fourth-order valence-electron chi connectivity index (χ4n) is 3.55. The van der Waals surface area contributed by atoms with Gasteiger partial charge in [-0.2, -0.15) is 15.6 Å². The Morgan fingerprint density at radius 2 is 2.03 bits per heavy atom. The van der Waals surface area contributed by atoms with Crippen molar-refractivity contribution in [1.29, 1.82) is 0 Å². The lowest BCUT2D eigenvalue weighted by molar-refractivity contribution is -0.126. The van der Waals surface area contributed by atoms with Crippen LogP contribution in [0.4, 0.5) is 4.39 Å². The molecule has 6 nitrogen and oxygen atoms in total. The molecule has 30 heavy (non-hydrogen) atoms. The van der Waals surface area contributed by atoms with Gasteiger partial charge in [0.15, 0.2) is 0 Å². The highest BCUT2D eigenvalue weighted by Crippen LogP contribution is 2.27. The number of rotatable bonds is 7. The minimum Gasteiger partial charge on any atom is -0.354 e. The molecule has 0 spiro atoms. The molecule has 0 saturated carbocycles. The number of halogens is 2. The molecule has 1 aliphatic heterocycles. The van der Waals surface area contributed by atoms with Gasteiger partial charge in [0.2, 0.25) is 15.9 Å². The van der Waals surface area contributed by atoms with Crippen molar-refractivity contribution in [2.24, 2.45) is 5.92 Å². The van der Waals surface area contributed by atoms with E-state index < -0.39 is 15.8 Å². The number of nitrogens with zero attached hydrogens (tertiary/aromatic N) is 2. The predicted molar refractivity (Wildman–Crippen MR) is 117 cm³/mol. The van der Waals surface area contributed by atoms with E-state index in [1.165, 1.54) is 10.4 Å². The standard InChI is InChI=1S/C20H25ClFN3O3S2/c1-24(2)19(15-7-10-29-13-15)12-23-20(26)14-5-8-25(9-6-14)30(27,28)16-3-4-18(22)17(21)11-16/h3-4,7,10-11,13-14,19H,5-6,8-9,12H2,1-2H3,(H,23,26). The molecule has 2 aromatic rings. The van der Waals surface area contributed by atoms with Gasteiger partial charge in [-0.05, 0) is 67.5 Å². The number of benzene rings is 1. The van der Waals surface area contributed by atoms with E-state index >= 15 is 0 Å². The number of hydrogen-bond acceptors (Lipinski definition) is 5. The molecule has 0 bridgehead atoms. The molecule has 1 fully saturated rings. The van der Waals surface area contributed by atoms with Gasteiger partial charge >= 0.3 is 0 Å². The maximum Gasteiger partial charge on any atom is 0.243 e. The molecule has 164 valence electrons. The van der Waals surface area contributed by atoms with Crippen LogP contribution in [-0.4, -0.2) is 57.3 Å². The lowest BCUT2D eigenvalue weighted by Crippen LogP contribution is -2.44. The highest BCUT2D eigenvalue weighted by molar-refractivity contribution is 7.89. The third kappa shape index (κ3) is 5.20. The second-order valence-corrected chi connectivity index (χ2v) is 10.7. The summed E-state index contributed by atoms with van der Waals surface area (Å²) in [5.74, 6) is -0.957. The number of sulfonamides is 1. The number of hydrogen-bond donors (Lipinski definition) is 1. The first-order chi connectivity index (χ1) is 14.2. The van der Waals surface area contributed by atoms with Gasteiger partial charge in [0.1, 0.15) is 5.82 Å². The van der Waals surface area contributed by atoms with Crippen LogP contribution in [-0.2, 0) is 14.8 Å². The highest BCUT2D eigenvalue weighted by atomic mass is 35.5. The van der Waals surface area contributed by atoms with Crippen molar-refractivity contribution < 1.29 is 17.6 Å². The van der Waals surface area contributed by atoms with Gasteiger partial charge in [0.25, 0.3) is 0 Å². The molecule has 1 aliphatic rings. The number of nitrogens with one attached hydrogen (secondary N) is 1. The number of carbonyl (C=O) groups is 1. The van der Waals surface area contributed by atoms with Crippen LogP contribution < -0.4 is 5.32 Å². The summed E-state index contributed by atoms with van der Waals surface area (Å²) in [6, 6.07) is 5.51. The van der Waals surface area contributed by atoms with Gasteiger partial charge in [0.05, 0.1) is 16.0 Å². The van der Waals surface area contributed by atoms with E-state index in [0.29, 0.717) is 19.4 Å². The Morgan fingerprint density at radius 1 is 1.33 bits per heavy atom. The summed E-state index contributed by atoms with van der Waals surface area (Å²) in [6.45, 7) is 0.962. The Morgan fingerprint density at radius 3 is 2.60 bits per heavy atom. The molecule has 1 unspecified atom stereocenters. The molecule has 1 atom stereocenters. The Kier molecular flexibility index (Phi) is 7.52. The summed E-state index contributed by atoms with van der Waals surface area (Å²) in [6.07, 6.45) is 0.871. The van der Waals surface area contributed by atoms with Crippen LogP contribution in [0.2, 0.25) is 5.02 Å². The van der Waals surface area contributed by atoms with E-state index in [2.05, 4.69) is 15.6 Å². The normalized spacial score (nSPS) is 17.2. The molecule has 1 amide bonds. The number of carbonyl (C=O) groups excluding carboxylic acids is 1. The van der Waals surface area contributed by atoms with Crippen LogP contribution in [0.5, 0.6) is 0 Å². The molecule has 1 aromatic carbocycles. The van der Waals surface area contributed by atoms with Gasteiger partial charge in [-0.15, -0.1) is 0 Å². The van der Waals surface area contributed by atoms with Crippen LogP contribution in [0, 0.1) is 11.7 Å². The summed E-state index contributed by atoms with van der Waals surface area (Å²) in [7, 11) is 0.172. The van der Waals surface area contributed by atoms with Gasteiger partial charge in [-0.3, -0.25) is 4.79 Å². The lowest BCUT2D eigenvalue weighted by atomic mass is 9.97. The van der Waals surface area contributed by atoms with Crippen LogP contribution in [0.1, 0.15) is 24.4 Å². The molecule has 1 saturated heterocycles. The van der Waals surface area contributed by atoms with Crippen LogP contribution in [0.3, 0.4) is 0 Å². The average Bonchev–Trinajstić information content (AvgIpc) is 3.24. The van der Waals surface area contributed by atoms with Crippen molar-refractivity contribution in [2.45, 2.75) is 23.8 Å². The summed E-state index contributed by atoms with van der Waals surface area (Å²) >= 11 is 7.35. The highest BCUT2D eigenvalue weighted by Gasteiger charge is 2.32. The molecular formula is C20H25ClFN3O3S2. The summed E-state index contributed by atoms with van der Waals surface area (Å²) < 4.78 is 40.3. The molecular weight excluding hydrogens is 449 g/mol. The SMILES string of the molecule is CN(C)C(CNC(=O)C1CCN(S(=O)(=O)c2ccc(F)c(Cl)c2)CC1)c1ccsc1. The molecule has 0 radical (unpaired) electrons. The minimum absolute atomic E-state index is 0.0404. The topological polar surface area (TPSA) is 69.7 Å². The van der Waals surface area contributed by atoms with Crippen molar-refractivity contribution in [3.8, 4) is 0 Å². The van der Waals surface area contributed by atoms with E-state index in [1.54, 1.807) is 11.3 Å². The van der Waals surface area contributed by atoms with E-state index in [9.17, 15) is 17.6 Å². The van der Waals surface area contributed by atoms with Crippen molar-refractivity contribution in [2.75, 3.05) is 33.7 Å². The Hall–Kier alpha value is -1.52. The monoisotopic (exact) mass is 473 g/mol. The number of piperidine rings is 1. The maximum atomic E-state index is 13.4. The molecule has 1 N–H and O–H groups in total. The van der Waals surface area contributed by atoms with Gasteiger partial charge in [0, 0.05) is 25.6 Å². The zero-order chi connectivity index (χ0) is 21.9. The summed E-state index contributed by atoms with van der Waals surface area (Å²) in [4.78, 5) is 14.7. The molecule has 10 heteroatoms. The largest absolute Gasteiger partial charge is 0.354 e. The molecule has 0 aliphatic carbocycles. The zero-order valence-electron chi connectivity index (χ0n) is 16.8. The van der Waals surface area contributed by atoms with Crippen molar-refractivity contribution >= 4 is 38.9 Å².